The number of amides is 1. The maximum absolute atomic E-state index is 12.5. The van der Waals surface area contributed by atoms with Crippen LogP contribution in [0.25, 0.3) is 0 Å². The van der Waals surface area contributed by atoms with E-state index in [4.69, 9.17) is 4.74 Å². The molecule has 4 heteroatoms. The van der Waals surface area contributed by atoms with E-state index in [1.54, 1.807) is 16.7 Å². The maximum atomic E-state index is 12.5. The number of hydrogen-bond donors (Lipinski definition) is 1. The highest BCUT2D eigenvalue weighted by Gasteiger charge is 2.58. The number of rotatable bonds is 0. The number of carbonyl (C=O) groups excluding carboxylic acids is 1. The molecule has 1 N–H and O–H groups in total. The van der Waals surface area contributed by atoms with Crippen LogP contribution in [-0.2, 0) is 9.53 Å². The summed E-state index contributed by atoms with van der Waals surface area (Å²) in [4.78, 5) is 14.4. The summed E-state index contributed by atoms with van der Waals surface area (Å²) in [6.07, 6.45) is 12.9. The third kappa shape index (κ3) is 3.26. The van der Waals surface area contributed by atoms with Crippen molar-refractivity contribution in [3.8, 4) is 0 Å². The van der Waals surface area contributed by atoms with E-state index in [1.165, 1.54) is 38.5 Å². The molecule has 2 saturated carbocycles. The van der Waals surface area contributed by atoms with Crippen LogP contribution >= 0.6 is 0 Å². The van der Waals surface area contributed by atoms with E-state index in [2.05, 4.69) is 39.2 Å². The van der Waals surface area contributed by atoms with Crippen LogP contribution in [0.5, 0.6) is 0 Å². The Morgan fingerprint density at radius 2 is 2.00 bits per heavy atom. The monoisotopic (exact) mass is 452 g/mol. The first-order chi connectivity index (χ1) is 15.7. The largest absolute Gasteiger partial charge is 0.369 e. The molecule has 0 bridgehead atoms. The van der Waals surface area contributed by atoms with Gasteiger partial charge in [0.2, 0.25) is 5.91 Å². The lowest BCUT2D eigenvalue weighted by Gasteiger charge is -2.46. The quantitative estimate of drug-likeness (QED) is 0.497. The summed E-state index contributed by atoms with van der Waals surface area (Å²) >= 11 is 0. The molecule has 33 heavy (non-hydrogen) atoms. The van der Waals surface area contributed by atoms with Gasteiger partial charge >= 0.3 is 0 Å². The lowest BCUT2D eigenvalue weighted by atomic mass is 9.58. The molecule has 4 nitrogen and oxygen atoms in total. The molecule has 0 aromatic rings. The molecule has 3 aliphatic carbocycles. The van der Waals surface area contributed by atoms with E-state index in [0.717, 1.165) is 37.1 Å². The van der Waals surface area contributed by atoms with E-state index >= 15 is 0 Å². The Balaban J connectivity index is 1.29. The lowest BCUT2D eigenvalue weighted by molar-refractivity contribution is -0.127. The molecule has 3 heterocycles. The Hall–Kier alpha value is -1.13. The van der Waals surface area contributed by atoms with Gasteiger partial charge in [-0.15, -0.1) is 0 Å². The molecule has 1 spiro atoms. The molecule has 0 aromatic carbocycles. The molecule has 6 rings (SSSR count). The molecule has 182 valence electrons. The van der Waals surface area contributed by atoms with Gasteiger partial charge in [-0.2, -0.15) is 0 Å². The standard InChI is InChI=1S/C29H44N2O2/c1-17-12-25-27(30-15-17)19(3)29(33-25)11-8-21-22-7-6-20-16-31(5)26(32)9-10-28(20,4)24(22)13-23(21)18(2)14-29/h16-17,19,21-22,24-25,27,30H,6-15H2,1-5H3/t17-,19+,21-,22-,24-,25+,27-,28-,29-/m0/s1. The number of nitrogens with zero attached hydrogens (tertiary/aromatic N) is 1. The van der Waals surface area contributed by atoms with Crippen LogP contribution in [0.1, 0.15) is 85.5 Å². The smallest absolute Gasteiger partial charge is 0.226 e. The summed E-state index contributed by atoms with van der Waals surface area (Å²) in [6, 6.07) is 0.534. The summed E-state index contributed by atoms with van der Waals surface area (Å²) < 4.78 is 7.03. The second kappa shape index (κ2) is 7.68. The molecule has 0 unspecified atom stereocenters. The van der Waals surface area contributed by atoms with Crippen LogP contribution in [0.15, 0.2) is 22.9 Å². The van der Waals surface area contributed by atoms with Crippen molar-refractivity contribution in [1.82, 2.24) is 10.2 Å². The van der Waals surface area contributed by atoms with Crippen molar-refractivity contribution in [3.05, 3.63) is 22.9 Å². The highest BCUT2D eigenvalue weighted by atomic mass is 16.5. The van der Waals surface area contributed by atoms with E-state index in [9.17, 15) is 4.79 Å². The first kappa shape index (κ1) is 22.3. The lowest BCUT2D eigenvalue weighted by Crippen LogP contribution is -2.48. The first-order valence-corrected chi connectivity index (χ1v) is 13.8. The predicted octanol–water partition coefficient (Wildman–Crippen LogP) is 5.45. The Morgan fingerprint density at radius 3 is 2.82 bits per heavy atom. The SMILES string of the molecule is CC1=C2C[C@H]3[C@@H](CCC4=CN(C)C(=O)CC[C@@]43C)[C@@H]2CC[C@@]2(C1)O[C@@H]1C[C@H](C)CN[C@H]1[C@H]2C. The minimum Gasteiger partial charge on any atom is -0.369 e. The number of carbonyl (C=O) groups is 1. The Kier molecular flexibility index (Phi) is 5.20. The van der Waals surface area contributed by atoms with Gasteiger partial charge in [0.15, 0.2) is 0 Å². The van der Waals surface area contributed by atoms with Crippen molar-refractivity contribution < 1.29 is 9.53 Å². The number of allylic oxidation sites excluding steroid dienone is 2. The molecule has 1 amide bonds. The maximum Gasteiger partial charge on any atom is 0.226 e. The van der Waals surface area contributed by atoms with Gasteiger partial charge < -0.3 is 15.0 Å². The molecule has 0 aromatic heterocycles. The van der Waals surface area contributed by atoms with Gasteiger partial charge in [0, 0.05) is 31.6 Å². The average molecular weight is 453 g/mol. The molecular weight excluding hydrogens is 408 g/mol. The molecule has 4 fully saturated rings. The third-order valence-corrected chi connectivity index (χ3v) is 11.3. The van der Waals surface area contributed by atoms with Gasteiger partial charge in [-0.3, -0.25) is 4.79 Å². The number of piperidine rings is 1. The summed E-state index contributed by atoms with van der Waals surface area (Å²) in [5, 5.41) is 3.85. The highest BCUT2D eigenvalue weighted by Crippen LogP contribution is 2.63. The van der Waals surface area contributed by atoms with Crippen molar-refractivity contribution >= 4 is 5.91 Å². The summed E-state index contributed by atoms with van der Waals surface area (Å²) in [5.74, 6) is 3.80. The van der Waals surface area contributed by atoms with Crippen molar-refractivity contribution in [3.63, 3.8) is 0 Å². The van der Waals surface area contributed by atoms with Gasteiger partial charge in [0.25, 0.3) is 0 Å². The van der Waals surface area contributed by atoms with E-state index in [1.807, 2.05) is 11.9 Å². The second-order valence-corrected chi connectivity index (χ2v) is 13.0. The van der Waals surface area contributed by atoms with Crippen LogP contribution in [0.4, 0.5) is 0 Å². The summed E-state index contributed by atoms with van der Waals surface area (Å²) in [7, 11) is 1.95. The highest BCUT2D eigenvalue weighted by molar-refractivity contribution is 5.77. The van der Waals surface area contributed by atoms with Gasteiger partial charge in [-0.25, -0.2) is 0 Å². The fourth-order valence-electron chi connectivity index (χ4n) is 9.30. The van der Waals surface area contributed by atoms with E-state index in [-0.39, 0.29) is 16.9 Å². The van der Waals surface area contributed by atoms with E-state index < -0.39 is 0 Å². The van der Waals surface area contributed by atoms with Gasteiger partial charge in [-0.05, 0) is 99.5 Å². The minimum atomic E-state index is 0.0321. The molecular formula is C29H44N2O2. The zero-order valence-corrected chi connectivity index (χ0v) is 21.5. The van der Waals surface area contributed by atoms with E-state index in [0.29, 0.717) is 30.4 Å². The van der Waals surface area contributed by atoms with Crippen LogP contribution in [0, 0.1) is 35.0 Å². The fraction of sp³-hybridized carbons (Fsp3) is 0.828. The topological polar surface area (TPSA) is 41.6 Å². The zero-order valence-electron chi connectivity index (χ0n) is 21.5. The zero-order chi connectivity index (χ0) is 23.1. The van der Waals surface area contributed by atoms with Crippen LogP contribution in [-0.4, -0.2) is 42.1 Å². The normalized spacial score (nSPS) is 49.7. The molecule has 3 aliphatic heterocycles. The Morgan fingerprint density at radius 1 is 1.18 bits per heavy atom. The van der Waals surface area contributed by atoms with Gasteiger partial charge in [0.05, 0.1) is 11.7 Å². The number of fused-ring (bicyclic) bond motifs is 6. The Bertz CT molecular complexity index is 907. The summed E-state index contributed by atoms with van der Waals surface area (Å²) in [6.45, 7) is 10.9. The second-order valence-electron chi connectivity index (χ2n) is 13.0. The molecule has 0 radical (unpaired) electrons. The Labute approximate surface area is 200 Å². The predicted molar refractivity (Wildman–Crippen MR) is 131 cm³/mol. The average Bonchev–Trinajstić information content (AvgIpc) is 3.19. The number of ether oxygens (including phenoxy) is 1. The van der Waals surface area contributed by atoms with Crippen molar-refractivity contribution in [2.24, 2.45) is 35.0 Å². The molecule has 9 atom stereocenters. The van der Waals surface area contributed by atoms with Crippen LogP contribution < -0.4 is 5.32 Å². The number of hydrogen-bond acceptors (Lipinski definition) is 3. The number of nitrogens with one attached hydrogen (secondary N) is 1. The molecule has 2 saturated heterocycles. The van der Waals surface area contributed by atoms with Crippen LogP contribution in [0.3, 0.4) is 0 Å². The van der Waals surface area contributed by atoms with Crippen molar-refractivity contribution in [1.29, 1.82) is 0 Å². The van der Waals surface area contributed by atoms with Crippen molar-refractivity contribution in [2.45, 2.75) is 103 Å². The van der Waals surface area contributed by atoms with Crippen LogP contribution in [0.2, 0.25) is 0 Å². The fourth-order valence-corrected chi connectivity index (χ4v) is 9.30. The minimum absolute atomic E-state index is 0.0321. The summed E-state index contributed by atoms with van der Waals surface area (Å²) in [5.41, 5.74) is 5.18. The molecule has 6 aliphatic rings. The first-order valence-electron chi connectivity index (χ1n) is 13.8. The van der Waals surface area contributed by atoms with Crippen molar-refractivity contribution in [2.75, 3.05) is 13.6 Å². The van der Waals surface area contributed by atoms with Gasteiger partial charge in [0.1, 0.15) is 0 Å². The van der Waals surface area contributed by atoms with Gasteiger partial charge in [-0.1, -0.05) is 31.9 Å². The third-order valence-electron chi connectivity index (χ3n) is 11.3.